The molecule has 5 nitrogen and oxygen atoms in total. The predicted octanol–water partition coefficient (Wildman–Crippen LogP) is 3.01. The maximum atomic E-state index is 5.99. The van der Waals surface area contributed by atoms with Crippen LogP contribution in [0, 0.1) is 0 Å². The zero-order valence-electron chi connectivity index (χ0n) is 14.1. The number of ether oxygens (including phenoxy) is 2. The van der Waals surface area contributed by atoms with Crippen LogP contribution in [0.2, 0.25) is 5.54 Å². The molecule has 1 aliphatic heterocycles. The Morgan fingerprint density at radius 3 is 2.00 bits per heavy atom. The zero-order valence-corrected chi connectivity index (χ0v) is 15.1. The summed E-state index contributed by atoms with van der Waals surface area (Å²) in [6, 6.07) is 0. The van der Waals surface area contributed by atoms with Crippen LogP contribution in [0.1, 0.15) is 47.0 Å². The smallest absolute Gasteiger partial charge is 0.379 e. The molecule has 0 N–H and O–H groups in total. The minimum Gasteiger partial charge on any atom is -0.379 e. The molecule has 1 rings (SSSR count). The van der Waals surface area contributed by atoms with Gasteiger partial charge >= 0.3 is 8.80 Å². The van der Waals surface area contributed by atoms with Crippen LogP contribution in [-0.4, -0.2) is 54.5 Å². The maximum absolute atomic E-state index is 5.99. The van der Waals surface area contributed by atoms with Crippen LogP contribution < -0.4 is 0 Å². The number of hydrogen-bond acceptors (Lipinski definition) is 5. The van der Waals surface area contributed by atoms with Crippen LogP contribution in [0.4, 0.5) is 0 Å². The second-order valence-electron chi connectivity index (χ2n) is 5.15. The van der Waals surface area contributed by atoms with E-state index in [1.54, 1.807) is 0 Å². The zero-order chi connectivity index (χ0) is 15.6. The molecule has 0 radical (unpaired) electrons. The summed E-state index contributed by atoms with van der Waals surface area (Å²) in [5.74, 6) is 0. The summed E-state index contributed by atoms with van der Waals surface area (Å²) in [5, 5.41) is 0. The minimum atomic E-state index is -2.61. The van der Waals surface area contributed by atoms with E-state index in [2.05, 4.69) is 6.92 Å². The van der Waals surface area contributed by atoms with E-state index in [-0.39, 0.29) is 0 Å². The first-order valence-electron chi connectivity index (χ1n) is 8.33. The SMILES string of the molecule is CCO[Si](OCC)(OCC)C(CC)CCOCC1CCO1. The van der Waals surface area contributed by atoms with E-state index in [9.17, 15) is 0 Å². The molecule has 126 valence electrons. The molecule has 0 aromatic heterocycles. The Morgan fingerprint density at radius 1 is 1.05 bits per heavy atom. The van der Waals surface area contributed by atoms with Gasteiger partial charge in [-0.3, -0.25) is 0 Å². The summed E-state index contributed by atoms with van der Waals surface area (Å²) in [6.07, 6.45) is 3.32. The molecule has 0 aliphatic carbocycles. The Labute approximate surface area is 130 Å². The van der Waals surface area contributed by atoms with Crippen LogP contribution >= 0.6 is 0 Å². The summed E-state index contributed by atoms with van der Waals surface area (Å²) >= 11 is 0. The summed E-state index contributed by atoms with van der Waals surface area (Å²) in [6.45, 7) is 12.3. The third-order valence-corrected chi connectivity index (χ3v) is 7.51. The van der Waals surface area contributed by atoms with Gasteiger partial charge in [-0.1, -0.05) is 6.92 Å². The molecule has 0 aromatic rings. The van der Waals surface area contributed by atoms with Gasteiger partial charge < -0.3 is 22.8 Å². The van der Waals surface area contributed by atoms with Crippen molar-refractivity contribution in [3.8, 4) is 0 Å². The van der Waals surface area contributed by atoms with Crippen LogP contribution in [0.15, 0.2) is 0 Å². The van der Waals surface area contributed by atoms with Crippen LogP contribution in [-0.2, 0) is 22.8 Å². The first-order valence-corrected chi connectivity index (χ1v) is 10.1. The fourth-order valence-corrected chi connectivity index (χ4v) is 5.70. The molecule has 21 heavy (non-hydrogen) atoms. The Bertz CT molecular complexity index is 243. The van der Waals surface area contributed by atoms with Gasteiger partial charge in [0.2, 0.25) is 0 Å². The first-order chi connectivity index (χ1) is 10.2. The van der Waals surface area contributed by atoms with Gasteiger partial charge in [0, 0.05) is 38.6 Å². The van der Waals surface area contributed by atoms with Crippen LogP contribution in [0.5, 0.6) is 0 Å². The lowest BCUT2D eigenvalue weighted by molar-refractivity contribution is -0.0943. The highest BCUT2D eigenvalue weighted by Gasteiger charge is 2.47. The van der Waals surface area contributed by atoms with Crippen LogP contribution in [0.25, 0.3) is 0 Å². The Hall–Kier alpha value is 0.0169. The second kappa shape index (κ2) is 10.7. The fraction of sp³-hybridized carbons (Fsp3) is 1.00. The summed E-state index contributed by atoms with van der Waals surface area (Å²) in [5.41, 5.74) is 0.291. The topological polar surface area (TPSA) is 46.2 Å². The lowest BCUT2D eigenvalue weighted by Crippen LogP contribution is -2.50. The largest absolute Gasteiger partial charge is 0.504 e. The van der Waals surface area contributed by atoms with E-state index >= 15 is 0 Å². The van der Waals surface area contributed by atoms with Crippen molar-refractivity contribution < 1.29 is 22.8 Å². The number of hydrogen-bond donors (Lipinski definition) is 0. The number of rotatable bonds is 13. The monoisotopic (exact) mass is 320 g/mol. The van der Waals surface area contributed by atoms with Crippen molar-refractivity contribution in [1.82, 2.24) is 0 Å². The molecule has 2 atom stereocenters. The minimum absolute atomic E-state index is 0.291. The van der Waals surface area contributed by atoms with Crippen molar-refractivity contribution >= 4 is 8.80 Å². The maximum Gasteiger partial charge on any atom is 0.504 e. The summed E-state index contributed by atoms with van der Waals surface area (Å²) in [4.78, 5) is 0. The molecular formula is C15H32O5Si. The standard InChI is InChI=1S/C15H32O5Si/c1-5-15(10-11-16-13-14-9-12-17-14)21(18-6-2,19-7-3)20-8-4/h14-15H,5-13H2,1-4H3. The van der Waals surface area contributed by atoms with E-state index in [1.165, 1.54) is 0 Å². The molecule has 1 heterocycles. The van der Waals surface area contributed by atoms with E-state index in [4.69, 9.17) is 22.8 Å². The lowest BCUT2D eigenvalue weighted by Gasteiger charge is -2.35. The van der Waals surface area contributed by atoms with Gasteiger partial charge in [-0.15, -0.1) is 0 Å². The van der Waals surface area contributed by atoms with Gasteiger partial charge in [0.1, 0.15) is 0 Å². The highest BCUT2D eigenvalue weighted by molar-refractivity contribution is 6.62. The average molecular weight is 321 g/mol. The molecule has 1 aliphatic rings. The van der Waals surface area contributed by atoms with Gasteiger partial charge in [-0.05, 0) is 40.0 Å². The Morgan fingerprint density at radius 2 is 1.62 bits per heavy atom. The first kappa shape index (κ1) is 19.1. The highest BCUT2D eigenvalue weighted by atomic mass is 28.4. The second-order valence-corrected chi connectivity index (χ2v) is 8.04. The van der Waals surface area contributed by atoms with Crippen molar-refractivity contribution in [2.45, 2.75) is 58.6 Å². The molecule has 0 spiro atoms. The van der Waals surface area contributed by atoms with Crippen molar-refractivity contribution in [1.29, 1.82) is 0 Å². The van der Waals surface area contributed by atoms with Gasteiger partial charge in [0.05, 0.1) is 12.7 Å². The van der Waals surface area contributed by atoms with E-state index < -0.39 is 8.80 Å². The molecule has 0 amide bonds. The molecule has 0 aromatic carbocycles. The normalized spacial score (nSPS) is 20.3. The molecule has 1 fully saturated rings. The lowest BCUT2D eigenvalue weighted by atomic mass is 10.2. The van der Waals surface area contributed by atoms with Gasteiger partial charge in [0.15, 0.2) is 0 Å². The molecule has 6 heteroatoms. The summed E-state index contributed by atoms with van der Waals surface area (Å²) in [7, 11) is -2.61. The van der Waals surface area contributed by atoms with Crippen molar-refractivity contribution in [2.75, 3.05) is 39.6 Å². The molecule has 1 saturated heterocycles. The van der Waals surface area contributed by atoms with E-state index in [0.717, 1.165) is 25.9 Å². The van der Waals surface area contributed by atoms with Crippen LogP contribution in [0.3, 0.4) is 0 Å². The van der Waals surface area contributed by atoms with Gasteiger partial charge in [-0.25, -0.2) is 0 Å². The Balaban J connectivity index is 2.48. The molecule has 0 saturated carbocycles. The predicted molar refractivity (Wildman–Crippen MR) is 84.5 cm³/mol. The van der Waals surface area contributed by atoms with Crippen molar-refractivity contribution in [2.24, 2.45) is 0 Å². The quantitative estimate of drug-likeness (QED) is 0.385. The van der Waals surface area contributed by atoms with E-state index in [0.29, 0.717) is 44.7 Å². The molecule has 2 unspecified atom stereocenters. The highest BCUT2D eigenvalue weighted by Crippen LogP contribution is 2.32. The van der Waals surface area contributed by atoms with Gasteiger partial charge in [0.25, 0.3) is 0 Å². The summed E-state index contributed by atoms with van der Waals surface area (Å²) < 4.78 is 29.1. The van der Waals surface area contributed by atoms with Crippen molar-refractivity contribution in [3.63, 3.8) is 0 Å². The van der Waals surface area contributed by atoms with E-state index in [1.807, 2.05) is 20.8 Å². The van der Waals surface area contributed by atoms with Crippen molar-refractivity contribution in [3.05, 3.63) is 0 Å². The average Bonchev–Trinajstić information content (AvgIpc) is 2.41. The third kappa shape index (κ3) is 5.96. The molecule has 0 bridgehead atoms. The third-order valence-electron chi connectivity index (χ3n) is 3.74. The Kier molecular flexibility index (Phi) is 9.71. The molecular weight excluding hydrogens is 288 g/mol. The van der Waals surface area contributed by atoms with Gasteiger partial charge in [-0.2, -0.15) is 0 Å². The fourth-order valence-electron chi connectivity index (χ4n) is 2.57.